The lowest BCUT2D eigenvalue weighted by atomic mass is 9.91. The van der Waals surface area contributed by atoms with Crippen LogP contribution in [0, 0.1) is 6.92 Å². The number of ether oxygens (including phenoxy) is 1. The van der Waals surface area contributed by atoms with Gasteiger partial charge in [0.15, 0.2) is 0 Å². The lowest BCUT2D eigenvalue weighted by molar-refractivity contribution is -0.141. The van der Waals surface area contributed by atoms with Gasteiger partial charge in [-0.2, -0.15) is 0 Å². The molecule has 1 aromatic heterocycles. The van der Waals surface area contributed by atoms with Crippen LogP contribution in [0.2, 0.25) is 0 Å². The van der Waals surface area contributed by atoms with E-state index in [0.29, 0.717) is 0 Å². The Labute approximate surface area is 102 Å². The number of nitrogens with zero attached hydrogens (tertiary/aromatic N) is 1. The van der Waals surface area contributed by atoms with Crippen LogP contribution < -0.4 is 5.73 Å². The smallest absolute Gasteiger partial charge is 0.306 e. The van der Waals surface area contributed by atoms with Crippen LogP contribution in [-0.2, 0) is 9.53 Å². The van der Waals surface area contributed by atoms with E-state index in [0.717, 1.165) is 17.7 Å². The number of methoxy groups -OCH3 is 1. The van der Waals surface area contributed by atoms with Crippen molar-refractivity contribution in [3.63, 3.8) is 0 Å². The molecule has 1 aromatic rings. The van der Waals surface area contributed by atoms with E-state index in [4.69, 9.17) is 10.5 Å². The highest BCUT2D eigenvalue weighted by atomic mass is 16.5. The first-order chi connectivity index (χ1) is 8.08. The van der Waals surface area contributed by atoms with E-state index in [-0.39, 0.29) is 24.3 Å². The fraction of sp³-hybridized carbons (Fsp3) is 0.538. The summed E-state index contributed by atoms with van der Waals surface area (Å²) >= 11 is 0. The first-order valence-electron chi connectivity index (χ1n) is 5.83. The molecule has 0 bridgehead atoms. The van der Waals surface area contributed by atoms with Crippen molar-refractivity contribution in [3.8, 4) is 0 Å². The Morgan fingerprint density at radius 1 is 1.53 bits per heavy atom. The third-order valence-corrected chi connectivity index (χ3v) is 2.92. The summed E-state index contributed by atoms with van der Waals surface area (Å²) in [6.07, 6.45) is 2.88. The van der Waals surface area contributed by atoms with Gasteiger partial charge < -0.3 is 10.5 Å². The molecule has 1 heterocycles. The summed E-state index contributed by atoms with van der Waals surface area (Å²) in [6.45, 7) is 3.98. The molecule has 0 saturated heterocycles. The van der Waals surface area contributed by atoms with Crippen molar-refractivity contribution in [1.29, 1.82) is 0 Å². The lowest BCUT2D eigenvalue weighted by Crippen LogP contribution is -2.30. The second kappa shape index (κ2) is 6.35. The topological polar surface area (TPSA) is 65.2 Å². The summed E-state index contributed by atoms with van der Waals surface area (Å²) in [4.78, 5) is 15.7. The predicted octanol–water partition coefficient (Wildman–Crippen LogP) is 1.77. The number of aryl methyl sites for hydroxylation is 1. The standard InChI is InChI=1S/C13H20N2O2/c1-4-11(14)10(7-13(16)17-3)12-6-5-9(2)8-15-12/h5-6,8,10-11H,4,7,14H2,1-3H3. The quantitative estimate of drug-likeness (QED) is 0.791. The number of esters is 1. The zero-order valence-electron chi connectivity index (χ0n) is 10.6. The number of nitrogens with two attached hydrogens (primary N) is 1. The third-order valence-electron chi connectivity index (χ3n) is 2.92. The maximum absolute atomic E-state index is 11.4. The molecule has 0 aromatic carbocycles. The molecule has 0 amide bonds. The number of rotatable bonds is 5. The van der Waals surface area contributed by atoms with E-state index in [1.165, 1.54) is 7.11 Å². The van der Waals surface area contributed by atoms with Gasteiger partial charge in [0, 0.05) is 23.9 Å². The second-order valence-electron chi connectivity index (χ2n) is 4.22. The monoisotopic (exact) mass is 236 g/mol. The molecule has 0 aliphatic carbocycles. The van der Waals surface area contributed by atoms with E-state index in [1.807, 2.05) is 26.0 Å². The summed E-state index contributed by atoms with van der Waals surface area (Å²) in [7, 11) is 1.39. The van der Waals surface area contributed by atoms with Crippen molar-refractivity contribution in [2.45, 2.75) is 38.6 Å². The average molecular weight is 236 g/mol. The fourth-order valence-electron chi connectivity index (χ4n) is 1.72. The van der Waals surface area contributed by atoms with Gasteiger partial charge in [0.1, 0.15) is 0 Å². The molecule has 0 fully saturated rings. The van der Waals surface area contributed by atoms with Crippen molar-refractivity contribution in [2.24, 2.45) is 5.73 Å². The molecule has 2 unspecified atom stereocenters. The van der Waals surface area contributed by atoms with Gasteiger partial charge in [-0.05, 0) is 25.0 Å². The summed E-state index contributed by atoms with van der Waals surface area (Å²) in [5.41, 5.74) is 7.99. The zero-order chi connectivity index (χ0) is 12.8. The van der Waals surface area contributed by atoms with E-state index >= 15 is 0 Å². The molecule has 2 N–H and O–H groups in total. The van der Waals surface area contributed by atoms with Gasteiger partial charge in [0.05, 0.1) is 13.5 Å². The largest absolute Gasteiger partial charge is 0.469 e. The summed E-state index contributed by atoms with van der Waals surface area (Å²) in [5.74, 6) is -0.325. The van der Waals surface area contributed by atoms with Crippen molar-refractivity contribution < 1.29 is 9.53 Å². The highest BCUT2D eigenvalue weighted by Gasteiger charge is 2.23. The lowest BCUT2D eigenvalue weighted by Gasteiger charge is -2.21. The SMILES string of the molecule is CCC(N)C(CC(=O)OC)c1ccc(C)cn1. The van der Waals surface area contributed by atoms with Crippen LogP contribution in [0.4, 0.5) is 0 Å². The van der Waals surface area contributed by atoms with Gasteiger partial charge >= 0.3 is 5.97 Å². The number of hydrogen-bond donors (Lipinski definition) is 1. The van der Waals surface area contributed by atoms with E-state index in [2.05, 4.69) is 4.98 Å². The average Bonchev–Trinajstić information content (AvgIpc) is 2.36. The molecule has 1 rings (SSSR count). The van der Waals surface area contributed by atoms with Crippen molar-refractivity contribution >= 4 is 5.97 Å². The molecule has 0 saturated carbocycles. The Morgan fingerprint density at radius 2 is 2.24 bits per heavy atom. The number of hydrogen-bond acceptors (Lipinski definition) is 4. The number of carbonyl (C=O) groups is 1. The first kappa shape index (κ1) is 13.6. The van der Waals surface area contributed by atoms with Crippen LogP contribution >= 0.6 is 0 Å². The Hall–Kier alpha value is -1.42. The van der Waals surface area contributed by atoms with Crippen LogP contribution in [0.3, 0.4) is 0 Å². The van der Waals surface area contributed by atoms with Gasteiger partial charge in [-0.1, -0.05) is 13.0 Å². The van der Waals surface area contributed by atoms with Crippen LogP contribution in [0.15, 0.2) is 18.3 Å². The summed E-state index contributed by atoms with van der Waals surface area (Å²) < 4.78 is 4.70. The molecule has 17 heavy (non-hydrogen) atoms. The third kappa shape index (κ3) is 3.82. The molecule has 0 aliphatic heterocycles. The molecule has 4 nitrogen and oxygen atoms in total. The number of pyridine rings is 1. The summed E-state index contributed by atoms with van der Waals surface area (Å²) in [6, 6.07) is 3.83. The Balaban J connectivity index is 2.89. The Morgan fingerprint density at radius 3 is 2.71 bits per heavy atom. The number of aromatic nitrogens is 1. The van der Waals surface area contributed by atoms with E-state index in [1.54, 1.807) is 6.20 Å². The minimum atomic E-state index is -0.249. The highest BCUT2D eigenvalue weighted by Crippen LogP contribution is 2.23. The molecular weight excluding hydrogens is 216 g/mol. The first-order valence-corrected chi connectivity index (χ1v) is 5.83. The molecule has 4 heteroatoms. The van der Waals surface area contributed by atoms with Gasteiger partial charge in [0.2, 0.25) is 0 Å². The van der Waals surface area contributed by atoms with Crippen molar-refractivity contribution in [3.05, 3.63) is 29.6 Å². The Kier molecular flexibility index (Phi) is 5.10. The maximum Gasteiger partial charge on any atom is 0.306 e. The van der Waals surface area contributed by atoms with Gasteiger partial charge in [-0.25, -0.2) is 0 Å². The second-order valence-corrected chi connectivity index (χ2v) is 4.22. The molecule has 0 radical (unpaired) electrons. The molecule has 94 valence electrons. The van der Waals surface area contributed by atoms with E-state index < -0.39 is 0 Å². The maximum atomic E-state index is 11.4. The molecular formula is C13H20N2O2. The van der Waals surface area contributed by atoms with Crippen LogP contribution in [0.5, 0.6) is 0 Å². The van der Waals surface area contributed by atoms with Gasteiger partial charge in [0.25, 0.3) is 0 Å². The molecule has 0 aliphatic rings. The van der Waals surface area contributed by atoms with Crippen LogP contribution in [0.1, 0.15) is 36.9 Å². The number of carbonyl (C=O) groups excluding carboxylic acids is 1. The van der Waals surface area contributed by atoms with E-state index in [9.17, 15) is 4.79 Å². The summed E-state index contributed by atoms with van der Waals surface area (Å²) in [5, 5.41) is 0. The minimum absolute atomic E-state index is 0.0759. The highest BCUT2D eigenvalue weighted by molar-refractivity contribution is 5.70. The Bertz CT molecular complexity index is 362. The van der Waals surface area contributed by atoms with Crippen molar-refractivity contribution in [1.82, 2.24) is 4.98 Å². The fourth-order valence-corrected chi connectivity index (χ4v) is 1.72. The van der Waals surface area contributed by atoms with Crippen LogP contribution in [0.25, 0.3) is 0 Å². The molecule has 0 spiro atoms. The minimum Gasteiger partial charge on any atom is -0.469 e. The van der Waals surface area contributed by atoms with Gasteiger partial charge in [-0.15, -0.1) is 0 Å². The predicted molar refractivity (Wildman–Crippen MR) is 66.6 cm³/mol. The van der Waals surface area contributed by atoms with Crippen LogP contribution in [-0.4, -0.2) is 24.1 Å². The zero-order valence-corrected chi connectivity index (χ0v) is 10.6. The van der Waals surface area contributed by atoms with Crippen molar-refractivity contribution in [2.75, 3.05) is 7.11 Å². The molecule has 2 atom stereocenters. The normalized spacial score (nSPS) is 14.1. The van der Waals surface area contributed by atoms with Gasteiger partial charge in [-0.3, -0.25) is 9.78 Å².